The predicted molar refractivity (Wildman–Crippen MR) is 103 cm³/mol. The number of ether oxygens (including phenoxy) is 1. The molecular formula is C20H28N4O. The summed E-state index contributed by atoms with van der Waals surface area (Å²) < 4.78 is 5.66. The molecule has 1 aliphatic rings. The number of nitrogens with one attached hydrogen (secondary N) is 2. The highest BCUT2D eigenvalue weighted by Crippen LogP contribution is 2.26. The number of benzene rings is 1. The molecule has 0 radical (unpaired) electrons. The number of para-hydroxylation sites is 1. The number of rotatable bonds is 7. The highest BCUT2D eigenvalue weighted by molar-refractivity contribution is 5.66. The summed E-state index contributed by atoms with van der Waals surface area (Å²) in [6, 6.07) is 8.46. The normalized spacial score (nSPS) is 16.8. The maximum Gasteiger partial charge on any atom is 0.224 e. The number of nitrogens with zero attached hydrogens (tertiary/aromatic N) is 2. The van der Waals surface area contributed by atoms with Gasteiger partial charge in [0, 0.05) is 30.6 Å². The van der Waals surface area contributed by atoms with E-state index >= 15 is 0 Å². The van der Waals surface area contributed by atoms with Crippen LogP contribution in [0.15, 0.2) is 24.3 Å². The number of hydrogen-bond acceptors (Lipinski definition) is 5. The van der Waals surface area contributed by atoms with Crippen molar-refractivity contribution in [2.24, 2.45) is 0 Å². The molecule has 0 aliphatic carbocycles. The Morgan fingerprint density at radius 2 is 1.92 bits per heavy atom. The van der Waals surface area contributed by atoms with Crippen LogP contribution in [0, 0.1) is 6.92 Å². The summed E-state index contributed by atoms with van der Waals surface area (Å²) in [5, 5.41) is 6.85. The average molecular weight is 340 g/mol. The van der Waals surface area contributed by atoms with E-state index in [1.807, 2.05) is 13.0 Å². The zero-order valence-corrected chi connectivity index (χ0v) is 15.4. The van der Waals surface area contributed by atoms with Gasteiger partial charge in [-0.2, -0.15) is 4.98 Å². The molecule has 0 saturated carbocycles. The van der Waals surface area contributed by atoms with E-state index in [-0.39, 0.29) is 6.10 Å². The van der Waals surface area contributed by atoms with Crippen LogP contribution in [-0.4, -0.2) is 29.2 Å². The molecule has 2 aromatic rings. The van der Waals surface area contributed by atoms with E-state index in [4.69, 9.17) is 4.74 Å². The van der Waals surface area contributed by atoms with Crippen molar-refractivity contribution in [1.29, 1.82) is 0 Å². The first-order valence-electron chi connectivity index (χ1n) is 9.28. The van der Waals surface area contributed by atoms with Crippen molar-refractivity contribution >= 4 is 17.5 Å². The second kappa shape index (κ2) is 8.30. The van der Waals surface area contributed by atoms with Crippen LogP contribution in [-0.2, 0) is 17.6 Å². The summed E-state index contributed by atoms with van der Waals surface area (Å²) in [4.78, 5) is 9.16. The zero-order chi connectivity index (χ0) is 17.6. The zero-order valence-electron chi connectivity index (χ0n) is 15.4. The Hall–Kier alpha value is -2.14. The molecule has 3 rings (SSSR count). The van der Waals surface area contributed by atoms with Gasteiger partial charge >= 0.3 is 0 Å². The molecule has 1 unspecified atom stereocenters. The molecular weight excluding hydrogens is 312 g/mol. The minimum atomic E-state index is 0.271. The second-order valence-corrected chi connectivity index (χ2v) is 6.52. The van der Waals surface area contributed by atoms with Gasteiger partial charge in [0.05, 0.1) is 6.10 Å². The number of aryl methyl sites for hydroxylation is 3. The molecule has 0 amide bonds. The molecule has 2 heterocycles. The van der Waals surface area contributed by atoms with Crippen molar-refractivity contribution in [1.82, 2.24) is 9.97 Å². The lowest BCUT2D eigenvalue weighted by Crippen LogP contribution is -2.20. The Bertz CT molecular complexity index is 689. The van der Waals surface area contributed by atoms with Crippen LogP contribution >= 0.6 is 0 Å². The molecule has 2 N–H and O–H groups in total. The number of anilines is 3. The second-order valence-electron chi connectivity index (χ2n) is 6.52. The molecule has 5 nitrogen and oxygen atoms in total. The van der Waals surface area contributed by atoms with Crippen molar-refractivity contribution in [3.05, 3.63) is 41.1 Å². The maximum atomic E-state index is 5.66. The van der Waals surface area contributed by atoms with Gasteiger partial charge in [0.2, 0.25) is 5.95 Å². The number of aromatic nitrogens is 2. The van der Waals surface area contributed by atoms with Crippen molar-refractivity contribution in [3.8, 4) is 0 Å². The predicted octanol–water partition coefficient (Wildman–Crippen LogP) is 4.24. The Morgan fingerprint density at radius 1 is 1.16 bits per heavy atom. The highest BCUT2D eigenvalue weighted by atomic mass is 16.5. The molecule has 1 aliphatic heterocycles. The van der Waals surface area contributed by atoms with Crippen molar-refractivity contribution in [3.63, 3.8) is 0 Å². The Balaban J connectivity index is 1.78. The lowest BCUT2D eigenvalue weighted by Gasteiger charge is -2.16. The van der Waals surface area contributed by atoms with Gasteiger partial charge in [0.1, 0.15) is 5.82 Å². The summed E-state index contributed by atoms with van der Waals surface area (Å²) in [6.45, 7) is 7.98. The molecule has 5 heteroatoms. The molecule has 1 aromatic carbocycles. The van der Waals surface area contributed by atoms with Gasteiger partial charge in [0.15, 0.2) is 0 Å². The van der Waals surface area contributed by atoms with E-state index in [9.17, 15) is 0 Å². The van der Waals surface area contributed by atoms with E-state index in [1.54, 1.807) is 0 Å². The monoisotopic (exact) mass is 340 g/mol. The minimum absolute atomic E-state index is 0.271. The minimum Gasteiger partial charge on any atom is -0.376 e. The standard InChI is InChI=1S/C20H28N4O/c1-4-15-8-6-9-16(5-2)19(15)23-18-12-14(3)22-20(24-18)21-13-17-10-7-11-25-17/h6,8-9,12,17H,4-5,7,10-11,13H2,1-3H3,(H2,21,22,23,24). The van der Waals surface area contributed by atoms with Crippen molar-refractivity contribution in [2.75, 3.05) is 23.8 Å². The molecule has 134 valence electrons. The molecule has 1 aromatic heterocycles. The SMILES string of the molecule is CCc1cccc(CC)c1Nc1cc(C)nc(NCC2CCCO2)n1. The summed E-state index contributed by atoms with van der Waals surface area (Å²) >= 11 is 0. The lowest BCUT2D eigenvalue weighted by molar-refractivity contribution is 0.120. The third kappa shape index (κ3) is 4.48. The quantitative estimate of drug-likeness (QED) is 0.789. The summed E-state index contributed by atoms with van der Waals surface area (Å²) in [5.74, 6) is 1.49. The van der Waals surface area contributed by atoms with Gasteiger partial charge in [-0.3, -0.25) is 0 Å². The van der Waals surface area contributed by atoms with Crippen LogP contribution in [0.5, 0.6) is 0 Å². The summed E-state index contributed by atoms with van der Waals surface area (Å²) in [7, 11) is 0. The van der Waals surface area contributed by atoms with E-state index in [0.717, 1.165) is 50.3 Å². The van der Waals surface area contributed by atoms with E-state index in [0.29, 0.717) is 5.95 Å². The van der Waals surface area contributed by atoms with Crippen LogP contribution in [0.1, 0.15) is 43.5 Å². The van der Waals surface area contributed by atoms with Crippen LogP contribution in [0.3, 0.4) is 0 Å². The number of hydrogen-bond donors (Lipinski definition) is 2. The van der Waals surface area contributed by atoms with Gasteiger partial charge in [-0.25, -0.2) is 4.98 Å². The Kier molecular flexibility index (Phi) is 5.87. The van der Waals surface area contributed by atoms with Crippen molar-refractivity contribution in [2.45, 2.75) is 52.6 Å². The fourth-order valence-electron chi connectivity index (χ4n) is 3.25. The largest absolute Gasteiger partial charge is 0.376 e. The Morgan fingerprint density at radius 3 is 2.56 bits per heavy atom. The Labute approximate surface area is 150 Å². The summed E-state index contributed by atoms with van der Waals surface area (Å²) in [6.07, 6.45) is 4.50. The van der Waals surface area contributed by atoms with E-state index in [2.05, 4.69) is 52.6 Å². The third-order valence-electron chi connectivity index (χ3n) is 4.62. The first kappa shape index (κ1) is 17.7. The first-order chi connectivity index (χ1) is 12.2. The van der Waals surface area contributed by atoms with Crippen LogP contribution in [0.4, 0.5) is 17.5 Å². The van der Waals surface area contributed by atoms with Gasteiger partial charge in [-0.05, 0) is 43.7 Å². The molecule has 1 atom stereocenters. The fraction of sp³-hybridized carbons (Fsp3) is 0.500. The van der Waals surface area contributed by atoms with Crippen LogP contribution < -0.4 is 10.6 Å². The van der Waals surface area contributed by atoms with Crippen LogP contribution in [0.2, 0.25) is 0 Å². The van der Waals surface area contributed by atoms with Crippen LogP contribution in [0.25, 0.3) is 0 Å². The molecule has 1 fully saturated rings. The summed E-state index contributed by atoms with van der Waals surface area (Å²) in [5.41, 5.74) is 4.74. The molecule has 1 saturated heterocycles. The highest BCUT2D eigenvalue weighted by Gasteiger charge is 2.16. The van der Waals surface area contributed by atoms with E-state index < -0.39 is 0 Å². The topological polar surface area (TPSA) is 59.1 Å². The van der Waals surface area contributed by atoms with Crippen molar-refractivity contribution < 1.29 is 4.74 Å². The fourth-order valence-corrected chi connectivity index (χ4v) is 3.25. The van der Waals surface area contributed by atoms with Gasteiger partial charge in [-0.1, -0.05) is 32.0 Å². The smallest absolute Gasteiger partial charge is 0.224 e. The molecule has 0 spiro atoms. The lowest BCUT2D eigenvalue weighted by atomic mass is 10.0. The van der Waals surface area contributed by atoms with Gasteiger partial charge in [-0.15, -0.1) is 0 Å². The molecule has 0 bridgehead atoms. The third-order valence-corrected chi connectivity index (χ3v) is 4.62. The van der Waals surface area contributed by atoms with E-state index in [1.165, 1.54) is 16.8 Å². The van der Waals surface area contributed by atoms with Gasteiger partial charge in [0.25, 0.3) is 0 Å². The first-order valence-corrected chi connectivity index (χ1v) is 9.28. The average Bonchev–Trinajstić information content (AvgIpc) is 3.13. The van der Waals surface area contributed by atoms with Gasteiger partial charge < -0.3 is 15.4 Å². The maximum absolute atomic E-state index is 5.66. The molecule has 25 heavy (non-hydrogen) atoms.